The van der Waals surface area contributed by atoms with Crippen LogP contribution in [0.2, 0.25) is 0 Å². The smallest absolute Gasteiger partial charge is 0.409 e. The van der Waals surface area contributed by atoms with Crippen molar-refractivity contribution in [1.82, 2.24) is 29.9 Å². The Morgan fingerprint density at radius 1 is 0.979 bits per heavy atom. The molecule has 0 saturated carbocycles. The summed E-state index contributed by atoms with van der Waals surface area (Å²) in [6.07, 6.45) is 1.79. The van der Waals surface area contributed by atoms with Gasteiger partial charge in [-0.3, -0.25) is 24.0 Å². The molecule has 2 atom stereocenters. The maximum Gasteiger partial charge on any atom is 0.409 e. The summed E-state index contributed by atoms with van der Waals surface area (Å²) in [5.74, 6) is -4.34. The van der Waals surface area contributed by atoms with Crippen LogP contribution in [-0.4, -0.2) is 136 Å². The monoisotopic (exact) mass is 670 g/mol. The number of piperazine rings is 1. The highest BCUT2D eigenvalue weighted by Crippen LogP contribution is 2.29. The molecule has 2 N–H and O–H groups in total. The number of amides is 5. The highest BCUT2D eigenvalue weighted by Gasteiger charge is 2.37. The van der Waals surface area contributed by atoms with E-state index in [-0.39, 0.29) is 61.0 Å². The van der Waals surface area contributed by atoms with Crippen molar-refractivity contribution in [3.05, 3.63) is 35.8 Å². The molecule has 16 heteroatoms. The van der Waals surface area contributed by atoms with E-state index < -0.39 is 60.7 Å². The third-order valence-corrected chi connectivity index (χ3v) is 8.71. The van der Waals surface area contributed by atoms with E-state index in [1.165, 1.54) is 32.9 Å². The predicted molar refractivity (Wildman–Crippen MR) is 166 cm³/mol. The Kier molecular flexibility index (Phi) is 10.9. The summed E-state index contributed by atoms with van der Waals surface area (Å²) in [5.41, 5.74) is -0.265. The van der Waals surface area contributed by atoms with Crippen LogP contribution in [0.4, 0.5) is 9.18 Å². The van der Waals surface area contributed by atoms with Crippen molar-refractivity contribution >= 4 is 46.6 Å². The number of aliphatic carboxylic acids is 1. The standard InChI is InChI=1S/C32H39FN6O9/c1-2-47-32(46)38-15-13-37(14-16-38)30(44)23(18-27(41)42)35-29(43)22-17-25(28-20(33)7-5-8-21(28)34-22)48-19-26(40)39-12-6-9-24(39)31(45)36-10-3-4-11-36/h5,7-8,17,23-24H,2-4,6,9-16,18-19H2,1H3,(H,35,43)(H,41,42). The van der Waals surface area contributed by atoms with Crippen LogP contribution in [0.25, 0.3) is 10.9 Å². The van der Waals surface area contributed by atoms with E-state index in [9.17, 15) is 33.9 Å². The summed E-state index contributed by atoms with van der Waals surface area (Å²) < 4.78 is 25.8. The predicted octanol–water partition coefficient (Wildman–Crippen LogP) is 1.24. The van der Waals surface area contributed by atoms with Crippen LogP contribution in [0.3, 0.4) is 0 Å². The second-order valence-electron chi connectivity index (χ2n) is 11.8. The molecule has 2 unspecified atom stereocenters. The molecule has 5 amide bonds. The number of likely N-dealkylation sites (tertiary alicyclic amines) is 2. The van der Waals surface area contributed by atoms with Gasteiger partial charge in [0.2, 0.25) is 11.8 Å². The highest BCUT2D eigenvalue weighted by molar-refractivity contribution is 6.00. The maximum absolute atomic E-state index is 15.0. The number of hydrogen-bond donors (Lipinski definition) is 2. The van der Waals surface area contributed by atoms with Gasteiger partial charge in [0.15, 0.2) is 6.61 Å². The van der Waals surface area contributed by atoms with Crippen molar-refractivity contribution < 1.29 is 47.7 Å². The number of carboxylic acids is 1. The van der Waals surface area contributed by atoms with Gasteiger partial charge in [0.25, 0.3) is 11.8 Å². The fourth-order valence-electron chi connectivity index (χ4n) is 6.28. The molecule has 3 aliphatic heterocycles. The van der Waals surface area contributed by atoms with Crippen LogP contribution in [0, 0.1) is 5.82 Å². The molecule has 1 aromatic heterocycles. The molecule has 0 radical (unpaired) electrons. The van der Waals surface area contributed by atoms with Crippen LogP contribution in [0.15, 0.2) is 24.3 Å². The summed E-state index contributed by atoms with van der Waals surface area (Å²) in [4.78, 5) is 87.0. The Hall–Kier alpha value is -5.02. The number of hydrogen-bond acceptors (Lipinski definition) is 9. The van der Waals surface area contributed by atoms with Crippen LogP contribution >= 0.6 is 0 Å². The molecular formula is C32H39FN6O9. The second kappa shape index (κ2) is 15.3. The molecule has 4 heterocycles. The lowest BCUT2D eigenvalue weighted by molar-refractivity contribution is -0.144. The fourth-order valence-corrected chi connectivity index (χ4v) is 6.28. The van der Waals surface area contributed by atoms with Gasteiger partial charge in [0.05, 0.1) is 23.9 Å². The largest absolute Gasteiger partial charge is 0.483 e. The molecule has 1 aromatic carbocycles. The second-order valence-corrected chi connectivity index (χ2v) is 11.8. The zero-order chi connectivity index (χ0) is 34.4. The van der Waals surface area contributed by atoms with E-state index in [0.29, 0.717) is 32.5 Å². The van der Waals surface area contributed by atoms with Gasteiger partial charge in [-0.2, -0.15) is 0 Å². The molecule has 0 spiro atoms. The number of ether oxygens (including phenoxy) is 2. The molecular weight excluding hydrogens is 631 g/mol. The Morgan fingerprint density at radius 3 is 2.38 bits per heavy atom. The number of carbonyl (C=O) groups is 6. The number of nitrogens with zero attached hydrogens (tertiary/aromatic N) is 5. The summed E-state index contributed by atoms with van der Waals surface area (Å²) in [5, 5.41) is 11.9. The van der Waals surface area contributed by atoms with Crippen molar-refractivity contribution in [2.45, 2.75) is 51.1 Å². The van der Waals surface area contributed by atoms with E-state index in [1.54, 1.807) is 11.8 Å². The first-order valence-electron chi connectivity index (χ1n) is 16.1. The lowest BCUT2D eigenvalue weighted by atomic mass is 10.1. The lowest BCUT2D eigenvalue weighted by Crippen LogP contribution is -2.56. The number of aromatic nitrogens is 1. The Balaban J connectivity index is 1.30. The molecule has 3 fully saturated rings. The molecule has 48 heavy (non-hydrogen) atoms. The molecule has 15 nitrogen and oxygen atoms in total. The fraction of sp³-hybridized carbons (Fsp3) is 0.531. The number of nitrogens with one attached hydrogen (secondary N) is 1. The maximum atomic E-state index is 15.0. The third-order valence-electron chi connectivity index (χ3n) is 8.71. The first-order chi connectivity index (χ1) is 23.1. The van der Waals surface area contributed by atoms with Gasteiger partial charge in [0.1, 0.15) is 29.3 Å². The van der Waals surface area contributed by atoms with E-state index in [4.69, 9.17) is 9.47 Å². The molecule has 5 rings (SSSR count). The van der Waals surface area contributed by atoms with E-state index >= 15 is 4.39 Å². The van der Waals surface area contributed by atoms with Gasteiger partial charge >= 0.3 is 12.1 Å². The molecule has 0 bridgehead atoms. The third kappa shape index (κ3) is 7.74. The van der Waals surface area contributed by atoms with Crippen molar-refractivity contribution in [2.24, 2.45) is 0 Å². The normalized spacial score (nSPS) is 18.5. The molecule has 3 saturated heterocycles. The summed E-state index contributed by atoms with van der Waals surface area (Å²) in [7, 11) is 0. The Labute approximate surface area is 275 Å². The molecule has 2 aromatic rings. The molecule has 258 valence electrons. The van der Waals surface area contributed by atoms with Crippen LogP contribution < -0.4 is 10.1 Å². The van der Waals surface area contributed by atoms with E-state index in [2.05, 4.69) is 10.3 Å². The number of carbonyl (C=O) groups excluding carboxylic acids is 5. The summed E-state index contributed by atoms with van der Waals surface area (Å²) in [6, 6.07) is 3.06. The van der Waals surface area contributed by atoms with Crippen molar-refractivity contribution in [3.63, 3.8) is 0 Å². The SMILES string of the molecule is CCOC(=O)N1CCN(C(=O)C(CC(=O)O)NC(=O)c2cc(OCC(=O)N3CCCC3C(=O)N3CCCC3)c3c(F)cccc3n2)CC1. The van der Waals surface area contributed by atoms with Gasteiger partial charge in [-0.05, 0) is 44.7 Å². The van der Waals surface area contributed by atoms with Gasteiger partial charge < -0.3 is 39.5 Å². The number of benzene rings is 1. The van der Waals surface area contributed by atoms with E-state index in [1.807, 2.05) is 0 Å². The minimum Gasteiger partial charge on any atom is -0.483 e. The first-order valence-corrected chi connectivity index (χ1v) is 16.1. The van der Waals surface area contributed by atoms with Gasteiger partial charge in [-0.1, -0.05) is 6.07 Å². The number of halogens is 1. The quantitative estimate of drug-likeness (QED) is 0.374. The Bertz CT molecular complexity index is 1570. The number of fused-ring (bicyclic) bond motifs is 1. The lowest BCUT2D eigenvalue weighted by Gasteiger charge is -2.35. The van der Waals surface area contributed by atoms with E-state index in [0.717, 1.165) is 18.9 Å². The average Bonchev–Trinajstić information content (AvgIpc) is 3.80. The van der Waals surface area contributed by atoms with Crippen molar-refractivity contribution in [1.29, 1.82) is 0 Å². The molecule has 0 aliphatic carbocycles. The number of pyridine rings is 1. The highest BCUT2D eigenvalue weighted by atomic mass is 19.1. The first kappa shape index (κ1) is 34.3. The van der Waals surface area contributed by atoms with Crippen LogP contribution in [-0.2, 0) is 23.9 Å². The van der Waals surface area contributed by atoms with Gasteiger partial charge in [-0.25, -0.2) is 14.2 Å². The van der Waals surface area contributed by atoms with Crippen LogP contribution in [0.5, 0.6) is 5.75 Å². The van der Waals surface area contributed by atoms with Gasteiger partial charge in [-0.15, -0.1) is 0 Å². The van der Waals surface area contributed by atoms with Crippen molar-refractivity contribution in [2.75, 3.05) is 59.0 Å². The zero-order valence-electron chi connectivity index (χ0n) is 26.7. The zero-order valence-corrected chi connectivity index (χ0v) is 26.7. The van der Waals surface area contributed by atoms with Gasteiger partial charge in [0, 0.05) is 51.9 Å². The molecule has 3 aliphatic rings. The average molecular weight is 671 g/mol. The Morgan fingerprint density at radius 2 is 1.69 bits per heavy atom. The topological polar surface area (TPSA) is 179 Å². The minimum atomic E-state index is -1.47. The van der Waals surface area contributed by atoms with Crippen LogP contribution in [0.1, 0.15) is 49.5 Å². The number of rotatable bonds is 10. The minimum absolute atomic E-state index is 0.0320. The van der Waals surface area contributed by atoms with Crippen molar-refractivity contribution in [3.8, 4) is 5.75 Å². The summed E-state index contributed by atoms with van der Waals surface area (Å²) in [6.45, 7) is 3.57. The summed E-state index contributed by atoms with van der Waals surface area (Å²) >= 11 is 0. The number of carboxylic acid groups (broad SMARTS) is 1.